The highest BCUT2D eigenvalue weighted by atomic mass is 16.5. The molecular weight excluding hydrogens is 344 g/mol. The minimum Gasteiger partial charge on any atom is -0.493 e. The Morgan fingerprint density at radius 3 is 2.59 bits per heavy atom. The maximum absolute atomic E-state index is 12.3. The molecule has 0 unspecified atom stereocenters. The van der Waals surface area contributed by atoms with Crippen LogP contribution < -0.4 is 20.1 Å². The van der Waals surface area contributed by atoms with Gasteiger partial charge in [-0.15, -0.1) is 6.42 Å². The first-order valence-corrected chi connectivity index (χ1v) is 8.11. The van der Waals surface area contributed by atoms with Crippen molar-refractivity contribution in [2.45, 2.75) is 0 Å². The fraction of sp³-hybridized carbons (Fsp3) is 0.143. The lowest BCUT2D eigenvalue weighted by Gasteiger charge is -2.10. The highest BCUT2D eigenvalue weighted by molar-refractivity contribution is 6.07. The number of carbonyl (C=O) groups excluding carboxylic acids is 2. The molecule has 27 heavy (non-hydrogen) atoms. The van der Waals surface area contributed by atoms with Gasteiger partial charge in [0.1, 0.15) is 0 Å². The zero-order chi connectivity index (χ0) is 19.6. The maximum atomic E-state index is 12.3. The van der Waals surface area contributed by atoms with E-state index < -0.39 is 5.91 Å². The van der Waals surface area contributed by atoms with Crippen molar-refractivity contribution in [3.8, 4) is 23.8 Å². The van der Waals surface area contributed by atoms with Crippen LogP contribution in [0, 0.1) is 12.3 Å². The number of ether oxygens (including phenoxy) is 2. The van der Waals surface area contributed by atoms with Gasteiger partial charge in [-0.2, -0.15) is 0 Å². The number of para-hydroxylation sites is 2. The number of methoxy groups -OCH3 is 2. The Morgan fingerprint density at radius 2 is 1.89 bits per heavy atom. The Bertz CT molecular complexity index is 897. The van der Waals surface area contributed by atoms with E-state index in [4.69, 9.17) is 15.9 Å². The molecular formula is C21H20N2O4. The summed E-state index contributed by atoms with van der Waals surface area (Å²) in [6, 6.07) is 12.0. The summed E-state index contributed by atoms with van der Waals surface area (Å²) < 4.78 is 10.6. The second kappa shape index (κ2) is 9.68. The van der Waals surface area contributed by atoms with Crippen LogP contribution in [0.25, 0.3) is 6.08 Å². The molecule has 0 saturated carbocycles. The van der Waals surface area contributed by atoms with E-state index in [1.54, 1.807) is 55.7 Å². The molecule has 0 saturated heterocycles. The van der Waals surface area contributed by atoms with Crippen LogP contribution >= 0.6 is 0 Å². The molecule has 0 radical (unpaired) electrons. The van der Waals surface area contributed by atoms with Crippen molar-refractivity contribution in [2.75, 3.05) is 26.1 Å². The van der Waals surface area contributed by atoms with Gasteiger partial charge in [-0.1, -0.05) is 30.2 Å². The van der Waals surface area contributed by atoms with Gasteiger partial charge in [-0.3, -0.25) is 9.59 Å². The summed E-state index contributed by atoms with van der Waals surface area (Å²) in [7, 11) is 3.07. The number of hydrogen-bond acceptors (Lipinski definition) is 4. The minimum absolute atomic E-state index is 0.108. The summed E-state index contributed by atoms with van der Waals surface area (Å²) in [5.41, 5.74) is 1.40. The van der Waals surface area contributed by atoms with Gasteiger partial charge in [0.25, 0.3) is 5.91 Å². The Hall–Kier alpha value is -3.72. The van der Waals surface area contributed by atoms with Crippen molar-refractivity contribution in [3.63, 3.8) is 0 Å². The molecule has 0 bridgehead atoms. The second-order valence-electron chi connectivity index (χ2n) is 5.34. The van der Waals surface area contributed by atoms with Gasteiger partial charge in [0.15, 0.2) is 11.5 Å². The first kappa shape index (κ1) is 19.6. The Balaban J connectivity index is 2.17. The van der Waals surface area contributed by atoms with E-state index in [1.165, 1.54) is 13.2 Å². The van der Waals surface area contributed by atoms with Crippen LogP contribution in [0.4, 0.5) is 5.69 Å². The quantitative estimate of drug-likeness (QED) is 0.585. The molecule has 138 valence electrons. The van der Waals surface area contributed by atoms with Crippen molar-refractivity contribution >= 4 is 23.6 Å². The summed E-state index contributed by atoms with van der Waals surface area (Å²) in [5, 5.41) is 5.27. The third-order valence-corrected chi connectivity index (χ3v) is 3.63. The molecule has 2 rings (SSSR count). The van der Waals surface area contributed by atoms with Crippen LogP contribution in [0.5, 0.6) is 11.5 Å². The van der Waals surface area contributed by atoms with E-state index in [0.29, 0.717) is 28.3 Å². The lowest BCUT2D eigenvalue weighted by molar-refractivity contribution is -0.111. The zero-order valence-electron chi connectivity index (χ0n) is 15.1. The number of carbonyl (C=O) groups is 2. The molecule has 0 heterocycles. The molecule has 0 atom stereocenters. The number of amides is 2. The molecule has 0 aromatic heterocycles. The first-order valence-electron chi connectivity index (χ1n) is 8.11. The first-order chi connectivity index (χ1) is 13.1. The summed E-state index contributed by atoms with van der Waals surface area (Å²) in [6.07, 6.45) is 8.11. The molecule has 0 spiro atoms. The molecule has 0 fully saturated rings. The van der Waals surface area contributed by atoms with Crippen LogP contribution in [0.1, 0.15) is 15.9 Å². The zero-order valence-corrected chi connectivity index (χ0v) is 15.1. The third-order valence-electron chi connectivity index (χ3n) is 3.63. The van der Waals surface area contributed by atoms with Gasteiger partial charge in [0, 0.05) is 11.6 Å². The predicted octanol–water partition coefficient (Wildman–Crippen LogP) is 2.72. The summed E-state index contributed by atoms with van der Waals surface area (Å²) in [6.45, 7) is 0.108. The SMILES string of the molecule is C#CCNC(=O)c1ccccc1NC(=O)/C=C/c1cccc(OC)c1OC. The second-order valence-corrected chi connectivity index (χ2v) is 5.34. The van der Waals surface area contributed by atoms with Crippen molar-refractivity contribution < 1.29 is 19.1 Å². The summed E-state index contributed by atoms with van der Waals surface area (Å²) in [4.78, 5) is 24.4. The molecule has 6 heteroatoms. The van der Waals surface area contributed by atoms with Gasteiger partial charge in [-0.05, 0) is 24.3 Å². The normalized spacial score (nSPS) is 10.1. The number of terminal acetylenes is 1. The van der Waals surface area contributed by atoms with E-state index >= 15 is 0 Å². The standard InChI is InChI=1S/C21H20N2O4/c1-4-14-22-21(25)16-9-5-6-10-17(16)23-19(24)13-12-15-8-7-11-18(26-2)20(15)27-3/h1,5-13H,14H2,2-3H3,(H,22,25)(H,23,24)/b13-12+. The molecule has 0 aliphatic heterocycles. The summed E-state index contributed by atoms with van der Waals surface area (Å²) >= 11 is 0. The van der Waals surface area contributed by atoms with E-state index in [9.17, 15) is 9.59 Å². The summed E-state index contributed by atoms with van der Waals surface area (Å²) in [5.74, 6) is 2.68. The monoisotopic (exact) mass is 364 g/mol. The molecule has 2 aromatic rings. The Kier molecular flexibility index (Phi) is 7.03. The molecule has 2 aromatic carbocycles. The van der Waals surface area contributed by atoms with Crippen LogP contribution in [0.2, 0.25) is 0 Å². The largest absolute Gasteiger partial charge is 0.493 e. The van der Waals surface area contributed by atoms with Crippen molar-refractivity contribution in [2.24, 2.45) is 0 Å². The maximum Gasteiger partial charge on any atom is 0.254 e. The number of hydrogen-bond donors (Lipinski definition) is 2. The predicted molar refractivity (Wildman–Crippen MR) is 105 cm³/mol. The van der Waals surface area contributed by atoms with E-state index in [2.05, 4.69) is 16.6 Å². The van der Waals surface area contributed by atoms with Gasteiger partial charge in [0.2, 0.25) is 5.91 Å². The average Bonchev–Trinajstić information content (AvgIpc) is 2.70. The van der Waals surface area contributed by atoms with E-state index in [0.717, 1.165) is 0 Å². The fourth-order valence-electron chi connectivity index (χ4n) is 2.40. The van der Waals surface area contributed by atoms with Crippen LogP contribution in [-0.2, 0) is 4.79 Å². The lowest BCUT2D eigenvalue weighted by atomic mass is 10.1. The third kappa shape index (κ3) is 5.13. The highest BCUT2D eigenvalue weighted by Gasteiger charge is 2.12. The van der Waals surface area contributed by atoms with Crippen molar-refractivity contribution in [1.82, 2.24) is 5.32 Å². The number of anilines is 1. The average molecular weight is 364 g/mol. The number of nitrogens with one attached hydrogen (secondary N) is 2. The van der Waals surface area contributed by atoms with Gasteiger partial charge in [0.05, 0.1) is 32.0 Å². The molecule has 0 aliphatic rings. The van der Waals surface area contributed by atoms with Crippen molar-refractivity contribution in [3.05, 3.63) is 59.7 Å². The van der Waals surface area contributed by atoms with Crippen LogP contribution in [-0.4, -0.2) is 32.6 Å². The fourth-order valence-corrected chi connectivity index (χ4v) is 2.40. The number of benzene rings is 2. The topological polar surface area (TPSA) is 76.7 Å². The van der Waals surface area contributed by atoms with Gasteiger partial charge >= 0.3 is 0 Å². The molecule has 6 nitrogen and oxygen atoms in total. The van der Waals surface area contributed by atoms with Crippen molar-refractivity contribution in [1.29, 1.82) is 0 Å². The van der Waals surface area contributed by atoms with Gasteiger partial charge < -0.3 is 20.1 Å². The Labute approximate surface area is 158 Å². The highest BCUT2D eigenvalue weighted by Crippen LogP contribution is 2.31. The van der Waals surface area contributed by atoms with Crippen LogP contribution in [0.3, 0.4) is 0 Å². The Morgan fingerprint density at radius 1 is 1.11 bits per heavy atom. The smallest absolute Gasteiger partial charge is 0.254 e. The minimum atomic E-state index is -0.392. The lowest BCUT2D eigenvalue weighted by Crippen LogP contribution is -2.25. The van der Waals surface area contributed by atoms with E-state index in [-0.39, 0.29) is 12.5 Å². The number of rotatable bonds is 7. The van der Waals surface area contributed by atoms with Crippen LogP contribution in [0.15, 0.2) is 48.5 Å². The van der Waals surface area contributed by atoms with Gasteiger partial charge in [-0.25, -0.2) is 0 Å². The molecule has 2 N–H and O–H groups in total. The molecule has 0 aliphatic carbocycles. The van der Waals surface area contributed by atoms with E-state index in [1.807, 2.05) is 0 Å². The molecule has 2 amide bonds.